The summed E-state index contributed by atoms with van der Waals surface area (Å²) in [5.74, 6) is 0.797. The number of aliphatic imine (C=N–C) groups is 1. The molecule has 0 unspecified atom stereocenters. The van der Waals surface area contributed by atoms with E-state index in [0.29, 0.717) is 6.61 Å². The smallest absolute Gasteiger partial charge is 0.179 e. The molecule has 0 amide bonds. The van der Waals surface area contributed by atoms with E-state index in [1.807, 2.05) is 13.8 Å². The van der Waals surface area contributed by atoms with E-state index in [1.54, 1.807) is 0 Å². The van der Waals surface area contributed by atoms with E-state index in [9.17, 15) is 0 Å². The zero-order valence-electron chi connectivity index (χ0n) is 13.4. The van der Waals surface area contributed by atoms with Gasteiger partial charge in [-0.15, -0.1) is 0 Å². The third-order valence-electron chi connectivity index (χ3n) is 3.36. The first kappa shape index (κ1) is 16.7. The van der Waals surface area contributed by atoms with Crippen LogP contribution in [0.3, 0.4) is 0 Å². The maximum absolute atomic E-state index is 5.37. The Bertz CT molecular complexity index is 529. The first-order valence-corrected chi connectivity index (χ1v) is 9.35. The van der Waals surface area contributed by atoms with Gasteiger partial charge in [0.15, 0.2) is 5.90 Å². The number of hydrogen-bond donors (Lipinski definition) is 0. The summed E-state index contributed by atoms with van der Waals surface area (Å²) in [6.07, 6.45) is 2.24. The molecule has 0 aliphatic carbocycles. The number of ether oxygens (including phenoxy) is 1. The van der Waals surface area contributed by atoms with Crippen LogP contribution in [0.1, 0.15) is 20.3 Å². The third kappa shape index (κ3) is 5.27. The van der Waals surface area contributed by atoms with Crippen LogP contribution in [0.4, 0.5) is 0 Å². The number of rotatable bonds is 7. The lowest BCUT2D eigenvalue weighted by atomic mass is 10.4. The summed E-state index contributed by atoms with van der Waals surface area (Å²) in [5, 5.41) is 2.88. The molecular weight excluding hydrogens is 289 g/mol. The van der Waals surface area contributed by atoms with Crippen molar-refractivity contribution in [3.63, 3.8) is 0 Å². The van der Waals surface area contributed by atoms with Crippen molar-refractivity contribution in [1.82, 2.24) is 0 Å². The summed E-state index contributed by atoms with van der Waals surface area (Å²) in [7, 11) is -0.300. The molecule has 2 nitrogen and oxygen atoms in total. The van der Waals surface area contributed by atoms with Gasteiger partial charge in [0.1, 0.15) is 0 Å². The topological polar surface area (TPSA) is 21.6 Å². The van der Waals surface area contributed by atoms with E-state index in [0.717, 1.165) is 25.0 Å². The zero-order valence-corrected chi connectivity index (χ0v) is 14.3. The Labute approximate surface area is 135 Å². The summed E-state index contributed by atoms with van der Waals surface area (Å²) in [5.41, 5.74) is 0. The SMILES string of the molecule is CCOC(C)=NCCCP(c1ccccc1)c1ccccc1. The molecule has 0 fully saturated rings. The summed E-state index contributed by atoms with van der Waals surface area (Å²) < 4.78 is 5.37. The van der Waals surface area contributed by atoms with Crippen LogP contribution in [0.15, 0.2) is 65.7 Å². The van der Waals surface area contributed by atoms with E-state index in [-0.39, 0.29) is 7.92 Å². The van der Waals surface area contributed by atoms with Gasteiger partial charge in [0, 0.05) is 13.5 Å². The summed E-state index contributed by atoms with van der Waals surface area (Å²) in [6, 6.07) is 21.7. The van der Waals surface area contributed by atoms with Crippen molar-refractivity contribution in [3.8, 4) is 0 Å². The van der Waals surface area contributed by atoms with Gasteiger partial charge in [0.05, 0.1) is 6.61 Å². The van der Waals surface area contributed by atoms with Crippen molar-refractivity contribution in [2.75, 3.05) is 19.3 Å². The fourth-order valence-electron chi connectivity index (χ4n) is 2.34. The molecule has 3 heteroatoms. The van der Waals surface area contributed by atoms with Crippen LogP contribution >= 0.6 is 7.92 Å². The summed E-state index contributed by atoms with van der Waals surface area (Å²) in [6.45, 7) is 5.45. The Morgan fingerprint density at radius 2 is 1.50 bits per heavy atom. The monoisotopic (exact) mass is 313 g/mol. The molecule has 0 aromatic heterocycles. The first-order valence-electron chi connectivity index (χ1n) is 7.82. The highest BCUT2D eigenvalue weighted by Gasteiger charge is 2.12. The first-order chi connectivity index (χ1) is 10.8. The quantitative estimate of drug-likeness (QED) is 0.328. The average Bonchev–Trinajstić information content (AvgIpc) is 2.57. The average molecular weight is 313 g/mol. The molecule has 0 aliphatic heterocycles. The van der Waals surface area contributed by atoms with Crippen molar-refractivity contribution >= 4 is 24.4 Å². The molecule has 0 radical (unpaired) electrons. The molecule has 0 saturated carbocycles. The fraction of sp³-hybridized carbons (Fsp3) is 0.316. The number of hydrogen-bond acceptors (Lipinski definition) is 2. The third-order valence-corrected chi connectivity index (χ3v) is 5.97. The van der Waals surface area contributed by atoms with Gasteiger partial charge in [0.25, 0.3) is 0 Å². The van der Waals surface area contributed by atoms with E-state index in [1.165, 1.54) is 10.6 Å². The van der Waals surface area contributed by atoms with Gasteiger partial charge in [-0.1, -0.05) is 60.7 Å². The minimum Gasteiger partial charge on any atom is -0.481 e. The van der Waals surface area contributed by atoms with Crippen LogP contribution in [0.2, 0.25) is 0 Å². The maximum Gasteiger partial charge on any atom is 0.179 e. The van der Waals surface area contributed by atoms with Crippen LogP contribution in [0.25, 0.3) is 0 Å². The summed E-state index contributed by atoms with van der Waals surface area (Å²) in [4.78, 5) is 4.48. The largest absolute Gasteiger partial charge is 0.481 e. The minimum absolute atomic E-state index is 0.300. The van der Waals surface area contributed by atoms with Crippen LogP contribution in [-0.4, -0.2) is 25.2 Å². The second-order valence-corrected chi connectivity index (χ2v) is 7.35. The summed E-state index contributed by atoms with van der Waals surface area (Å²) >= 11 is 0. The molecule has 0 aliphatic rings. The van der Waals surface area contributed by atoms with E-state index < -0.39 is 0 Å². The van der Waals surface area contributed by atoms with Crippen molar-refractivity contribution in [2.24, 2.45) is 4.99 Å². The zero-order chi connectivity index (χ0) is 15.6. The molecule has 116 valence electrons. The van der Waals surface area contributed by atoms with Crippen molar-refractivity contribution in [3.05, 3.63) is 60.7 Å². The maximum atomic E-state index is 5.37. The van der Waals surface area contributed by atoms with Gasteiger partial charge >= 0.3 is 0 Å². The standard InChI is InChI=1S/C19H24NOP/c1-3-21-17(2)20-15-10-16-22(18-11-6-4-7-12-18)19-13-8-5-9-14-19/h4-9,11-14H,3,10,15-16H2,1-2H3. The second kappa shape index (κ2) is 9.38. The lowest BCUT2D eigenvalue weighted by molar-refractivity contribution is 0.323. The van der Waals surface area contributed by atoms with Crippen molar-refractivity contribution in [2.45, 2.75) is 20.3 Å². The van der Waals surface area contributed by atoms with Gasteiger partial charge < -0.3 is 4.74 Å². The Balaban J connectivity index is 2.02. The molecule has 2 aromatic carbocycles. The minimum atomic E-state index is -0.300. The molecule has 2 aromatic rings. The van der Waals surface area contributed by atoms with Gasteiger partial charge in [-0.25, -0.2) is 0 Å². The number of nitrogens with zero attached hydrogens (tertiary/aromatic N) is 1. The molecule has 0 heterocycles. The molecule has 2 rings (SSSR count). The van der Waals surface area contributed by atoms with Crippen LogP contribution in [0.5, 0.6) is 0 Å². The van der Waals surface area contributed by atoms with Gasteiger partial charge in [-0.2, -0.15) is 0 Å². The highest BCUT2D eigenvalue weighted by atomic mass is 31.1. The molecule has 0 spiro atoms. The lowest BCUT2D eigenvalue weighted by Crippen LogP contribution is -2.14. The molecular formula is C19H24NOP. The van der Waals surface area contributed by atoms with E-state index in [4.69, 9.17) is 4.74 Å². The van der Waals surface area contributed by atoms with Gasteiger partial charge in [0.2, 0.25) is 0 Å². The highest BCUT2D eigenvalue weighted by Crippen LogP contribution is 2.33. The second-order valence-electron chi connectivity index (χ2n) is 5.01. The lowest BCUT2D eigenvalue weighted by Gasteiger charge is -2.18. The molecule has 0 saturated heterocycles. The molecule has 22 heavy (non-hydrogen) atoms. The molecule has 0 N–H and O–H groups in total. The van der Waals surface area contributed by atoms with Crippen LogP contribution < -0.4 is 10.6 Å². The Kier molecular flexibility index (Phi) is 7.12. The van der Waals surface area contributed by atoms with E-state index in [2.05, 4.69) is 65.7 Å². The van der Waals surface area contributed by atoms with Gasteiger partial charge in [-0.3, -0.25) is 4.99 Å². The fourth-order valence-corrected chi connectivity index (χ4v) is 4.68. The van der Waals surface area contributed by atoms with Crippen molar-refractivity contribution < 1.29 is 4.74 Å². The predicted octanol–water partition coefficient (Wildman–Crippen LogP) is 3.96. The molecule has 0 atom stereocenters. The Morgan fingerprint density at radius 1 is 0.955 bits per heavy atom. The Morgan fingerprint density at radius 3 is 2.00 bits per heavy atom. The molecule has 0 bridgehead atoms. The van der Waals surface area contributed by atoms with Crippen molar-refractivity contribution in [1.29, 1.82) is 0 Å². The normalized spacial score (nSPS) is 11.7. The predicted molar refractivity (Wildman–Crippen MR) is 98.2 cm³/mol. The number of benzene rings is 2. The Hall–Kier alpha value is -1.66. The van der Waals surface area contributed by atoms with Crippen LogP contribution in [0, 0.1) is 0 Å². The highest BCUT2D eigenvalue weighted by molar-refractivity contribution is 7.73. The van der Waals surface area contributed by atoms with Gasteiger partial charge in [-0.05, 0) is 38.0 Å². The van der Waals surface area contributed by atoms with E-state index >= 15 is 0 Å². The van der Waals surface area contributed by atoms with Crippen LogP contribution in [-0.2, 0) is 4.74 Å².